The van der Waals surface area contributed by atoms with Gasteiger partial charge in [-0.1, -0.05) is 84.5 Å². The summed E-state index contributed by atoms with van der Waals surface area (Å²) in [5.41, 5.74) is 6.46. The van der Waals surface area contributed by atoms with Crippen LogP contribution in [0.5, 0.6) is 0 Å². The third kappa shape index (κ3) is 4.69. The molecule has 1 atom stereocenters. The molecule has 0 saturated heterocycles. The standard InChI is InChI=1S/C33H25N3/c1-24-9-17-30(18-10-24)36(33-8-4-6-27-5-2-3-7-32(27)33)31-19-13-25(14-20-31)11-15-28-21-26(22-34)12-16-29(28)23-35/h2-17,19-21,30H,18H2,1H3. The van der Waals surface area contributed by atoms with Gasteiger partial charge in [-0.25, -0.2) is 0 Å². The van der Waals surface area contributed by atoms with Crippen molar-refractivity contribution in [2.75, 3.05) is 4.90 Å². The van der Waals surface area contributed by atoms with Gasteiger partial charge in [0.15, 0.2) is 0 Å². The lowest BCUT2D eigenvalue weighted by Gasteiger charge is -2.34. The summed E-state index contributed by atoms with van der Waals surface area (Å²) in [5.74, 6) is 0. The van der Waals surface area contributed by atoms with Crippen LogP contribution < -0.4 is 4.90 Å². The third-order valence-electron chi connectivity index (χ3n) is 6.55. The zero-order valence-corrected chi connectivity index (χ0v) is 20.1. The fourth-order valence-electron chi connectivity index (χ4n) is 4.64. The van der Waals surface area contributed by atoms with E-state index in [1.54, 1.807) is 18.2 Å². The SMILES string of the molecule is CC1=CCC(N(c2ccc(C=Cc3cc(C#N)ccc3C#N)cc2)c2cccc3ccccc23)C=C1. The Bertz CT molecular complexity index is 1590. The number of hydrogen-bond donors (Lipinski definition) is 0. The quantitative estimate of drug-likeness (QED) is 0.281. The van der Waals surface area contributed by atoms with Crippen LogP contribution in [0.1, 0.15) is 35.6 Å². The highest BCUT2D eigenvalue weighted by atomic mass is 15.2. The van der Waals surface area contributed by atoms with Crippen molar-refractivity contribution < 1.29 is 0 Å². The number of benzene rings is 4. The van der Waals surface area contributed by atoms with Crippen molar-refractivity contribution in [3.05, 3.63) is 131 Å². The summed E-state index contributed by atoms with van der Waals surface area (Å²) in [6.07, 6.45) is 11.6. The van der Waals surface area contributed by atoms with E-state index in [-0.39, 0.29) is 6.04 Å². The Balaban J connectivity index is 1.51. The molecule has 0 bridgehead atoms. The second kappa shape index (κ2) is 10.2. The largest absolute Gasteiger partial charge is 0.334 e. The molecule has 4 aromatic rings. The number of allylic oxidation sites excluding steroid dienone is 2. The van der Waals surface area contributed by atoms with Crippen LogP contribution in [0.4, 0.5) is 11.4 Å². The number of anilines is 2. The second-order valence-electron chi connectivity index (χ2n) is 8.93. The lowest BCUT2D eigenvalue weighted by Crippen LogP contribution is -2.30. The summed E-state index contributed by atoms with van der Waals surface area (Å²) in [4.78, 5) is 2.42. The summed E-state index contributed by atoms with van der Waals surface area (Å²) < 4.78 is 0. The van der Waals surface area contributed by atoms with Gasteiger partial charge in [-0.3, -0.25) is 0 Å². The lowest BCUT2D eigenvalue weighted by molar-refractivity contribution is 0.781. The van der Waals surface area contributed by atoms with E-state index in [9.17, 15) is 10.5 Å². The molecule has 172 valence electrons. The molecule has 0 heterocycles. The molecule has 0 radical (unpaired) electrons. The molecular weight excluding hydrogens is 438 g/mol. The molecule has 3 nitrogen and oxygen atoms in total. The second-order valence-corrected chi connectivity index (χ2v) is 8.93. The van der Waals surface area contributed by atoms with E-state index in [1.807, 2.05) is 12.2 Å². The van der Waals surface area contributed by atoms with Gasteiger partial charge < -0.3 is 4.90 Å². The van der Waals surface area contributed by atoms with Gasteiger partial charge in [-0.2, -0.15) is 10.5 Å². The Hall–Kier alpha value is -4.86. The van der Waals surface area contributed by atoms with E-state index >= 15 is 0 Å². The average molecular weight is 464 g/mol. The fourth-order valence-corrected chi connectivity index (χ4v) is 4.64. The van der Waals surface area contributed by atoms with E-state index in [1.165, 1.54) is 22.0 Å². The summed E-state index contributed by atoms with van der Waals surface area (Å²) in [7, 11) is 0. The number of nitrogens with zero attached hydrogens (tertiary/aromatic N) is 3. The van der Waals surface area contributed by atoms with Crippen molar-refractivity contribution in [2.24, 2.45) is 0 Å². The molecule has 0 N–H and O–H groups in total. The van der Waals surface area contributed by atoms with Gasteiger partial charge in [-0.15, -0.1) is 0 Å². The van der Waals surface area contributed by atoms with Gasteiger partial charge in [0.25, 0.3) is 0 Å². The smallest absolute Gasteiger partial charge is 0.0997 e. The molecule has 36 heavy (non-hydrogen) atoms. The van der Waals surface area contributed by atoms with E-state index < -0.39 is 0 Å². The molecule has 0 spiro atoms. The maximum absolute atomic E-state index is 9.42. The van der Waals surface area contributed by atoms with Gasteiger partial charge in [0.2, 0.25) is 0 Å². The van der Waals surface area contributed by atoms with Gasteiger partial charge in [-0.05, 0) is 66.3 Å². The highest BCUT2D eigenvalue weighted by Crippen LogP contribution is 2.36. The topological polar surface area (TPSA) is 50.8 Å². The molecule has 1 aliphatic rings. The maximum atomic E-state index is 9.42. The van der Waals surface area contributed by atoms with Crippen LogP contribution in [0.3, 0.4) is 0 Å². The summed E-state index contributed by atoms with van der Waals surface area (Å²) in [5, 5.41) is 21.1. The molecule has 1 unspecified atom stereocenters. The van der Waals surface area contributed by atoms with Crippen LogP contribution in [0.2, 0.25) is 0 Å². The molecule has 5 rings (SSSR count). The number of rotatable bonds is 5. The van der Waals surface area contributed by atoms with Crippen LogP contribution in [-0.2, 0) is 0 Å². The lowest BCUT2D eigenvalue weighted by atomic mass is 9.99. The zero-order chi connectivity index (χ0) is 24.9. The third-order valence-corrected chi connectivity index (χ3v) is 6.55. The minimum atomic E-state index is 0.216. The zero-order valence-electron chi connectivity index (χ0n) is 20.1. The van der Waals surface area contributed by atoms with Crippen LogP contribution >= 0.6 is 0 Å². The predicted octanol–water partition coefficient (Wildman–Crippen LogP) is 8.17. The molecule has 0 fully saturated rings. The van der Waals surface area contributed by atoms with Crippen molar-refractivity contribution in [3.63, 3.8) is 0 Å². The molecule has 1 aliphatic carbocycles. The maximum Gasteiger partial charge on any atom is 0.0997 e. The normalized spacial score (nSPS) is 14.9. The fraction of sp³-hybridized carbons (Fsp3) is 0.0909. The first-order valence-electron chi connectivity index (χ1n) is 12.0. The molecular formula is C33H25N3. The van der Waals surface area contributed by atoms with Crippen LogP contribution in [0.25, 0.3) is 22.9 Å². The summed E-state index contributed by atoms with van der Waals surface area (Å²) >= 11 is 0. The van der Waals surface area contributed by atoms with Gasteiger partial charge in [0, 0.05) is 16.8 Å². The van der Waals surface area contributed by atoms with E-state index in [2.05, 4.69) is 109 Å². The minimum absolute atomic E-state index is 0.216. The Morgan fingerprint density at radius 1 is 0.861 bits per heavy atom. The van der Waals surface area contributed by atoms with Crippen LogP contribution in [-0.4, -0.2) is 6.04 Å². The number of fused-ring (bicyclic) bond motifs is 1. The van der Waals surface area contributed by atoms with Crippen molar-refractivity contribution in [1.82, 2.24) is 0 Å². The summed E-state index contributed by atoms with van der Waals surface area (Å²) in [6.45, 7) is 2.14. The Kier molecular flexibility index (Phi) is 6.48. The van der Waals surface area contributed by atoms with Crippen molar-refractivity contribution in [2.45, 2.75) is 19.4 Å². The van der Waals surface area contributed by atoms with Crippen LogP contribution in [0, 0.1) is 22.7 Å². The van der Waals surface area contributed by atoms with E-state index in [0.29, 0.717) is 11.1 Å². The first-order valence-corrected chi connectivity index (χ1v) is 12.0. The molecule has 3 heteroatoms. The first-order chi connectivity index (χ1) is 17.7. The van der Waals surface area contributed by atoms with E-state index in [4.69, 9.17) is 0 Å². The predicted molar refractivity (Wildman–Crippen MR) is 149 cm³/mol. The van der Waals surface area contributed by atoms with Crippen molar-refractivity contribution >= 4 is 34.3 Å². The van der Waals surface area contributed by atoms with E-state index in [0.717, 1.165) is 23.2 Å². The molecule has 0 aromatic heterocycles. The monoisotopic (exact) mass is 463 g/mol. The molecule has 4 aromatic carbocycles. The van der Waals surface area contributed by atoms with Gasteiger partial charge in [0.05, 0.1) is 29.3 Å². The Morgan fingerprint density at radius 2 is 1.67 bits per heavy atom. The Labute approximate surface area is 212 Å². The van der Waals surface area contributed by atoms with Crippen LogP contribution in [0.15, 0.2) is 109 Å². The van der Waals surface area contributed by atoms with Gasteiger partial charge >= 0.3 is 0 Å². The molecule has 0 amide bonds. The molecule has 0 saturated carbocycles. The van der Waals surface area contributed by atoms with Crippen molar-refractivity contribution in [1.29, 1.82) is 10.5 Å². The highest BCUT2D eigenvalue weighted by Gasteiger charge is 2.21. The Morgan fingerprint density at radius 3 is 2.42 bits per heavy atom. The number of hydrogen-bond acceptors (Lipinski definition) is 3. The van der Waals surface area contributed by atoms with Crippen molar-refractivity contribution in [3.8, 4) is 12.1 Å². The van der Waals surface area contributed by atoms with Gasteiger partial charge in [0.1, 0.15) is 0 Å². The first kappa shape index (κ1) is 22.9. The molecule has 0 aliphatic heterocycles. The summed E-state index contributed by atoms with van der Waals surface area (Å²) in [6, 6.07) is 33.1. The number of nitriles is 2. The minimum Gasteiger partial charge on any atom is -0.334 e. The highest BCUT2D eigenvalue weighted by molar-refractivity contribution is 5.96. The average Bonchev–Trinajstić information content (AvgIpc) is 2.93.